The molecule has 0 aliphatic heterocycles. The van der Waals surface area contributed by atoms with Gasteiger partial charge in [-0.25, -0.2) is 0 Å². The highest BCUT2D eigenvalue weighted by Crippen LogP contribution is 1.98. The Morgan fingerprint density at radius 2 is 2.09 bits per heavy atom. The van der Waals surface area contributed by atoms with Crippen LogP contribution in [0, 0.1) is 4.91 Å². The maximum atomic E-state index is 10.5. The molecule has 0 aromatic carbocycles. The number of hydrogen-bond donors (Lipinski definition) is 2. The van der Waals surface area contributed by atoms with E-state index in [0.717, 1.165) is 12.8 Å². The molecule has 0 fully saturated rings. The molecule has 0 bridgehead atoms. The fraction of sp³-hybridized carbons (Fsp3) is 0.833. The minimum Gasteiger partial charge on any atom is -0.330 e. The topological polar surface area (TPSA) is 98.5 Å². The molecular weight excluding hydrogens is 146 g/mol. The van der Waals surface area contributed by atoms with E-state index in [2.05, 4.69) is 5.18 Å². The quantitative estimate of drug-likeness (QED) is 0.426. The van der Waals surface area contributed by atoms with Gasteiger partial charge < -0.3 is 11.5 Å². The lowest BCUT2D eigenvalue weighted by Gasteiger charge is -2.03. The minimum absolute atomic E-state index is 0.488. The molecule has 1 atom stereocenters. The van der Waals surface area contributed by atoms with Crippen LogP contribution < -0.4 is 11.5 Å². The first-order valence-corrected chi connectivity index (χ1v) is 3.55. The summed E-state index contributed by atoms with van der Waals surface area (Å²) in [7, 11) is 0. The molecule has 0 aromatic rings. The molecule has 0 unspecified atom stereocenters. The monoisotopic (exact) mass is 159 g/mol. The molecule has 1 amide bonds. The molecule has 0 radical (unpaired) electrons. The number of rotatable bonds is 5. The number of nitrogens with two attached hydrogens (primary N) is 2. The Kier molecular flexibility index (Phi) is 5.50. The fourth-order valence-electron chi connectivity index (χ4n) is 0.700. The molecule has 0 saturated carbocycles. The normalized spacial score (nSPS) is 12.5. The van der Waals surface area contributed by atoms with Crippen LogP contribution in [0.5, 0.6) is 0 Å². The SMILES string of the molecule is NCCCC[C@H](N)C(=O)N=O. The van der Waals surface area contributed by atoms with E-state index in [0.29, 0.717) is 13.0 Å². The van der Waals surface area contributed by atoms with E-state index in [1.165, 1.54) is 0 Å². The summed E-state index contributed by atoms with van der Waals surface area (Å²) in [4.78, 5) is 20.1. The van der Waals surface area contributed by atoms with E-state index < -0.39 is 11.9 Å². The largest absolute Gasteiger partial charge is 0.330 e. The van der Waals surface area contributed by atoms with E-state index >= 15 is 0 Å². The number of nitrogens with zero attached hydrogens (tertiary/aromatic N) is 1. The Balaban J connectivity index is 3.43. The first-order chi connectivity index (χ1) is 5.22. The van der Waals surface area contributed by atoms with E-state index in [-0.39, 0.29) is 0 Å². The third kappa shape index (κ3) is 4.58. The Morgan fingerprint density at radius 1 is 1.45 bits per heavy atom. The lowest BCUT2D eigenvalue weighted by atomic mass is 10.1. The first kappa shape index (κ1) is 10.2. The average Bonchev–Trinajstić information content (AvgIpc) is 2.03. The Hall–Kier alpha value is -0.810. The van der Waals surface area contributed by atoms with Crippen LogP contribution in [-0.4, -0.2) is 18.5 Å². The highest BCUT2D eigenvalue weighted by molar-refractivity contribution is 5.81. The minimum atomic E-state index is -0.776. The van der Waals surface area contributed by atoms with Crippen LogP contribution in [0.3, 0.4) is 0 Å². The van der Waals surface area contributed by atoms with Crippen molar-refractivity contribution in [3.63, 3.8) is 0 Å². The summed E-state index contributed by atoms with van der Waals surface area (Å²) < 4.78 is 0. The molecule has 11 heavy (non-hydrogen) atoms. The maximum Gasteiger partial charge on any atom is 0.302 e. The van der Waals surface area contributed by atoms with E-state index in [1.54, 1.807) is 0 Å². The van der Waals surface area contributed by atoms with Gasteiger partial charge in [0, 0.05) is 5.18 Å². The molecule has 0 rings (SSSR count). The number of carbonyl (C=O) groups excluding carboxylic acids is 1. The molecule has 0 aliphatic rings. The van der Waals surface area contributed by atoms with Crippen LogP contribution in [0.4, 0.5) is 0 Å². The zero-order chi connectivity index (χ0) is 8.69. The van der Waals surface area contributed by atoms with Gasteiger partial charge in [-0.1, -0.05) is 6.42 Å². The van der Waals surface area contributed by atoms with Crippen LogP contribution in [0.25, 0.3) is 0 Å². The van der Waals surface area contributed by atoms with Crippen LogP contribution in [-0.2, 0) is 4.79 Å². The standard InChI is InChI=1S/C6H13N3O2/c7-4-2-1-3-5(8)6(10)9-11/h5H,1-4,7-8H2/t5-/m0/s1. The summed E-state index contributed by atoms with van der Waals surface area (Å²) in [5.41, 5.74) is 10.5. The number of amides is 1. The highest BCUT2D eigenvalue weighted by Gasteiger charge is 2.12. The molecule has 0 spiro atoms. The lowest BCUT2D eigenvalue weighted by molar-refractivity contribution is -0.119. The van der Waals surface area contributed by atoms with Crippen molar-refractivity contribution >= 4 is 5.91 Å². The zero-order valence-corrected chi connectivity index (χ0v) is 6.32. The Bertz CT molecular complexity index is 138. The molecule has 0 saturated heterocycles. The average molecular weight is 159 g/mol. The smallest absolute Gasteiger partial charge is 0.302 e. The zero-order valence-electron chi connectivity index (χ0n) is 6.32. The fourth-order valence-corrected chi connectivity index (χ4v) is 0.700. The van der Waals surface area contributed by atoms with E-state index in [9.17, 15) is 9.70 Å². The molecule has 0 aliphatic carbocycles. The third-order valence-corrected chi connectivity index (χ3v) is 1.38. The molecule has 4 N–H and O–H groups in total. The highest BCUT2D eigenvalue weighted by atomic mass is 16.3. The van der Waals surface area contributed by atoms with Crippen molar-refractivity contribution in [3.8, 4) is 0 Å². The van der Waals surface area contributed by atoms with Gasteiger partial charge in [0.15, 0.2) is 0 Å². The summed E-state index contributed by atoms with van der Waals surface area (Å²) in [5, 5.41) is 2.22. The van der Waals surface area contributed by atoms with Gasteiger partial charge in [0.05, 0.1) is 6.04 Å². The Labute approximate surface area is 65.1 Å². The predicted octanol–water partition coefficient (Wildman–Crippen LogP) is -0.264. The van der Waals surface area contributed by atoms with Crippen LogP contribution in [0.2, 0.25) is 0 Å². The van der Waals surface area contributed by atoms with Gasteiger partial charge in [-0.3, -0.25) is 4.79 Å². The first-order valence-electron chi connectivity index (χ1n) is 3.55. The van der Waals surface area contributed by atoms with Crippen molar-refractivity contribution in [1.29, 1.82) is 0 Å². The maximum absolute atomic E-state index is 10.5. The number of hydrogen-bond acceptors (Lipinski definition) is 4. The van der Waals surface area contributed by atoms with Crippen molar-refractivity contribution in [3.05, 3.63) is 4.91 Å². The van der Waals surface area contributed by atoms with Gasteiger partial charge in [-0.2, -0.15) is 0 Å². The molecule has 5 heteroatoms. The third-order valence-electron chi connectivity index (χ3n) is 1.38. The van der Waals surface area contributed by atoms with Crippen molar-refractivity contribution < 1.29 is 4.79 Å². The predicted molar refractivity (Wildman–Crippen MR) is 41.7 cm³/mol. The summed E-state index contributed by atoms with van der Waals surface area (Å²) in [6.45, 7) is 0.579. The van der Waals surface area contributed by atoms with Gasteiger partial charge in [-0.15, -0.1) is 4.91 Å². The van der Waals surface area contributed by atoms with Crippen LogP contribution in [0.15, 0.2) is 5.18 Å². The van der Waals surface area contributed by atoms with Crippen LogP contribution in [0.1, 0.15) is 19.3 Å². The summed E-state index contributed by atoms with van der Waals surface area (Å²) in [6.07, 6.45) is 2.07. The second kappa shape index (κ2) is 5.94. The Morgan fingerprint density at radius 3 is 2.55 bits per heavy atom. The van der Waals surface area contributed by atoms with Gasteiger partial charge in [0.2, 0.25) is 0 Å². The van der Waals surface area contributed by atoms with Crippen molar-refractivity contribution in [2.24, 2.45) is 16.6 Å². The molecule has 0 aromatic heterocycles. The second-order valence-electron chi connectivity index (χ2n) is 2.32. The van der Waals surface area contributed by atoms with Gasteiger partial charge in [-0.05, 0) is 19.4 Å². The molecule has 0 heterocycles. The molecular formula is C6H13N3O2. The summed E-state index contributed by atoms with van der Waals surface area (Å²) >= 11 is 0. The van der Waals surface area contributed by atoms with Gasteiger partial charge in [0.25, 0.3) is 0 Å². The van der Waals surface area contributed by atoms with Crippen molar-refractivity contribution in [2.75, 3.05) is 6.54 Å². The van der Waals surface area contributed by atoms with Crippen LogP contribution >= 0.6 is 0 Å². The second-order valence-corrected chi connectivity index (χ2v) is 2.32. The van der Waals surface area contributed by atoms with Crippen molar-refractivity contribution in [1.82, 2.24) is 0 Å². The van der Waals surface area contributed by atoms with E-state index in [1.807, 2.05) is 0 Å². The van der Waals surface area contributed by atoms with Crippen molar-refractivity contribution in [2.45, 2.75) is 25.3 Å². The molecule has 5 nitrogen and oxygen atoms in total. The van der Waals surface area contributed by atoms with Gasteiger partial charge in [0.1, 0.15) is 0 Å². The number of unbranched alkanes of at least 4 members (excludes halogenated alkanes) is 1. The lowest BCUT2D eigenvalue weighted by Crippen LogP contribution is -2.28. The van der Waals surface area contributed by atoms with Gasteiger partial charge >= 0.3 is 5.91 Å². The summed E-state index contributed by atoms with van der Waals surface area (Å²) in [5.74, 6) is -0.776. The molecule has 64 valence electrons. The van der Waals surface area contributed by atoms with E-state index in [4.69, 9.17) is 11.5 Å². The number of carbonyl (C=O) groups is 1. The number of nitroso groups, excluding NO2 is 1. The summed E-state index contributed by atoms with van der Waals surface area (Å²) in [6, 6.07) is -0.737.